The minimum Gasteiger partial charge on any atom is -0.495 e. The van der Waals surface area contributed by atoms with Gasteiger partial charge in [-0.05, 0) is 12.1 Å². The lowest BCUT2D eigenvalue weighted by atomic mass is 10.2. The van der Waals surface area contributed by atoms with Crippen LogP contribution in [-0.2, 0) is 4.79 Å². The number of aliphatic hydroxyl groups is 1. The first-order valence-corrected chi connectivity index (χ1v) is 4.81. The van der Waals surface area contributed by atoms with Crippen LogP contribution in [0.3, 0.4) is 0 Å². The quantitative estimate of drug-likeness (QED) is 0.840. The molecule has 16 heavy (non-hydrogen) atoms. The molecule has 88 valence electrons. The van der Waals surface area contributed by atoms with E-state index in [9.17, 15) is 9.18 Å². The molecule has 0 spiro atoms. The van der Waals surface area contributed by atoms with Crippen molar-refractivity contribution >= 4 is 11.6 Å². The summed E-state index contributed by atoms with van der Waals surface area (Å²) in [5.41, 5.74) is 0.348. The summed E-state index contributed by atoms with van der Waals surface area (Å²) in [6.07, 6.45) is -0.00380. The third kappa shape index (κ3) is 2.70. The number of hydrogen-bond acceptors (Lipinski definition) is 3. The number of benzene rings is 1. The highest BCUT2D eigenvalue weighted by Gasteiger charge is 2.15. The van der Waals surface area contributed by atoms with Crippen LogP contribution in [0.2, 0.25) is 0 Å². The second-order valence-corrected chi connectivity index (χ2v) is 3.24. The van der Waals surface area contributed by atoms with Crippen molar-refractivity contribution in [3.05, 3.63) is 24.0 Å². The van der Waals surface area contributed by atoms with Gasteiger partial charge in [0.05, 0.1) is 25.8 Å². The molecule has 4 nitrogen and oxygen atoms in total. The number of ether oxygens (including phenoxy) is 1. The van der Waals surface area contributed by atoms with Gasteiger partial charge in [0.25, 0.3) is 0 Å². The average Bonchev–Trinajstić information content (AvgIpc) is 2.28. The predicted molar refractivity (Wildman–Crippen MR) is 58.1 cm³/mol. The minimum atomic E-state index is -0.445. The van der Waals surface area contributed by atoms with Crippen molar-refractivity contribution in [2.24, 2.45) is 0 Å². The van der Waals surface area contributed by atoms with Gasteiger partial charge in [0.1, 0.15) is 11.6 Å². The Kier molecular flexibility index (Phi) is 4.25. The van der Waals surface area contributed by atoms with Gasteiger partial charge >= 0.3 is 0 Å². The Morgan fingerprint density at radius 3 is 2.81 bits per heavy atom. The predicted octanol–water partition coefficient (Wildman–Crippen LogP) is 1.18. The average molecular weight is 227 g/mol. The molecule has 0 atom stereocenters. The Morgan fingerprint density at radius 1 is 1.56 bits per heavy atom. The number of rotatable bonds is 4. The number of carbonyl (C=O) groups is 1. The van der Waals surface area contributed by atoms with Crippen molar-refractivity contribution in [1.29, 1.82) is 0 Å². The van der Waals surface area contributed by atoms with Crippen LogP contribution < -0.4 is 9.64 Å². The van der Waals surface area contributed by atoms with Crippen LogP contribution in [0.5, 0.6) is 5.75 Å². The van der Waals surface area contributed by atoms with Crippen LogP contribution in [-0.4, -0.2) is 31.8 Å². The fraction of sp³-hybridized carbons (Fsp3) is 0.364. The lowest BCUT2D eigenvalue weighted by Crippen LogP contribution is -2.27. The molecular formula is C11H14FNO3. The van der Waals surface area contributed by atoms with Crippen molar-refractivity contribution < 1.29 is 19.0 Å². The topological polar surface area (TPSA) is 49.8 Å². The Morgan fingerprint density at radius 2 is 2.25 bits per heavy atom. The molecule has 5 heteroatoms. The normalized spacial score (nSPS) is 10.0. The van der Waals surface area contributed by atoms with Crippen molar-refractivity contribution in [1.82, 2.24) is 0 Å². The highest BCUT2D eigenvalue weighted by atomic mass is 19.1. The van der Waals surface area contributed by atoms with E-state index in [1.165, 1.54) is 37.3 Å². The highest BCUT2D eigenvalue weighted by Crippen LogP contribution is 2.28. The van der Waals surface area contributed by atoms with Crippen molar-refractivity contribution in [2.45, 2.75) is 6.42 Å². The van der Waals surface area contributed by atoms with Crippen LogP contribution in [0, 0.1) is 5.82 Å². The summed E-state index contributed by atoms with van der Waals surface area (Å²) < 4.78 is 18.1. The SMILES string of the molecule is COc1ccc(F)cc1N(C)C(=O)CCO. The molecule has 0 heterocycles. The molecule has 1 aromatic rings. The largest absolute Gasteiger partial charge is 0.495 e. The van der Waals surface area contributed by atoms with E-state index in [0.29, 0.717) is 11.4 Å². The molecule has 0 aliphatic heterocycles. The lowest BCUT2D eigenvalue weighted by molar-refractivity contribution is -0.118. The van der Waals surface area contributed by atoms with Crippen LogP contribution in [0.25, 0.3) is 0 Å². The number of halogens is 1. The van der Waals surface area contributed by atoms with Gasteiger partial charge in [-0.2, -0.15) is 0 Å². The van der Waals surface area contributed by atoms with Gasteiger partial charge in [0, 0.05) is 13.1 Å². The van der Waals surface area contributed by atoms with Crippen LogP contribution in [0.4, 0.5) is 10.1 Å². The lowest BCUT2D eigenvalue weighted by Gasteiger charge is -2.19. The molecule has 1 N–H and O–H groups in total. The van der Waals surface area contributed by atoms with Gasteiger partial charge in [-0.1, -0.05) is 0 Å². The summed E-state index contributed by atoms with van der Waals surface area (Å²) in [4.78, 5) is 12.8. The third-order valence-corrected chi connectivity index (χ3v) is 2.20. The van der Waals surface area contributed by atoms with Gasteiger partial charge in [0.15, 0.2) is 0 Å². The van der Waals surface area contributed by atoms with Crippen molar-refractivity contribution in [3.8, 4) is 5.75 Å². The van der Waals surface area contributed by atoms with Crippen molar-refractivity contribution in [3.63, 3.8) is 0 Å². The molecule has 0 aliphatic carbocycles. The number of carbonyl (C=O) groups excluding carboxylic acids is 1. The summed E-state index contributed by atoms with van der Waals surface area (Å²) in [6.45, 7) is -0.235. The molecule has 0 aromatic heterocycles. The number of nitrogens with zero attached hydrogens (tertiary/aromatic N) is 1. The van der Waals surface area contributed by atoms with Gasteiger partial charge in [-0.15, -0.1) is 0 Å². The number of methoxy groups -OCH3 is 1. The van der Waals surface area contributed by atoms with Crippen LogP contribution >= 0.6 is 0 Å². The zero-order valence-electron chi connectivity index (χ0n) is 9.24. The fourth-order valence-corrected chi connectivity index (χ4v) is 1.32. The van der Waals surface area contributed by atoms with E-state index in [1.54, 1.807) is 0 Å². The molecule has 0 saturated heterocycles. The second kappa shape index (κ2) is 5.46. The molecule has 0 radical (unpaired) electrons. The van der Waals surface area contributed by atoms with Gasteiger partial charge in [-0.3, -0.25) is 4.79 Å². The Bertz CT molecular complexity index is 381. The monoisotopic (exact) mass is 227 g/mol. The van der Waals surface area contributed by atoms with Crippen molar-refractivity contribution in [2.75, 3.05) is 25.7 Å². The number of anilines is 1. The maximum Gasteiger partial charge on any atom is 0.229 e. The number of hydrogen-bond donors (Lipinski definition) is 1. The Hall–Kier alpha value is -1.62. The van der Waals surface area contributed by atoms with E-state index >= 15 is 0 Å². The summed E-state index contributed by atoms with van der Waals surface area (Å²) in [6, 6.07) is 3.92. The molecule has 0 unspecified atom stereocenters. The Balaban J connectivity index is 3.01. The molecule has 1 aromatic carbocycles. The first-order chi connectivity index (χ1) is 7.60. The standard InChI is InChI=1S/C11H14FNO3/c1-13(11(15)5-6-14)9-7-8(12)3-4-10(9)16-2/h3-4,7,14H,5-6H2,1-2H3. The first kappa shape index (κ1) is 12.4. The molecule has 0 saturated carbocycles. The molecular weight excluding hydrogens is 213 g/mol. The maximum absolute atomic E-state index is 13.1. The molecule has 0 aliphatic rings. The van der Waals surface area contributed by atoms with E-state index in [0.717, 1.165) is 0 Å². The summed E-state index contributed by atoms with van der Waals surface area (Å²) in [7, 11) is 2.95. The smallest absolute Gasteiger partial charge is 0.229 e. The molecule has 0 bridgehead atoms. The number of amides is 1. The highest BCUT2D eigenvalue weighted by molar-refractivity contribution is 5.94. The van der Waals surface area contributed by atoms with Gasteiger partial charge in [-0.25, -0.2) is 4.39 Å². The zero-order valence-corrected chi connectivity index (χ0v) is 9.24. The fourth-order valence-electron chi connectivity index (χ4n) is 1.32. The summed E-state index contributed by atoms with van der Waals surface area (Å²) >= 11 is 0. The van der Waals surface area contributed by atoms with E-state index < -0.39 is 5.82 Å². The zero-order chi connectivity index (χ0) is 12.1. The molecule has 0 fully saturated rings. The van der Waals surface area contributed by atoms with E-state index in [2.05, 4.69) is 0 Å². The third-order valence-electron chi connectivity index (χ3n) is 2.20. The first-order valence-electron chi connectivity index (χ1n) is 4.81. The van der Waals surface area contributed by atoms with Gasteiger partial charge < -0.3 is 14.7 Å². The van der Waals surface area contributed by atoms with E-state index in [4.69, 9.17) is 9.84 Å². The number of aliphatic hydroxyl groups excluding tert-OH is 1. The van der Waals surface area contributed by atoms with E-state index in [1.807, 2.05) is 0 Å². The van der Waals surface area contributed by atoms with Crippen LogP contribution in [0.15, 0.2) is 18.2 Å². The summed E-state index contributed by atoms with van der Waals surface area (Å²) in [5, 5.41) is 8.66. The Labute approximate surface area is 93.3 Å². The molecule has 1 amide bonds. The maximum atomic E-state index is 13.1. The minimum absolute atomic E-state index is 0.00380. The van der Waals surface area contributed by atoms with Gasteiger partial charge in [0.2, 0.25) is 5.91 Å². The van der Waals surface area contributed by atoms with E-state index in [-0.39, 0.29) is 18.9 Å². The molecule has 1 rings (SSSR count). The second-order valence-electron chi connectivity index (χ2n) is 3.24. The van der Waals surface area contributed by atoms with Crippen LogP contribution in [0.1, 0.15) is 6.42 Å². The summed E-state index contributed by atoms with van der Waals surface area (Å²) in [5.74, 6) is -0.332.